The molecule has 2 aromatic heterocycles. The summed E-state index contributed by atoms with van der Waals surface area (Å²) in [6, 6.07) is 4.99. The Labute approximate surface area is 127 Å². The van der Waals surface area contributed by atoms with Crippen molar-refractivity contribution in [2.24, 2.45) is 5.73 Å². The average molecular weight is 324 g/mol. The number of aromatic amines is 1. The molecule has 2 heterocycles. The van der Waals surface area contributed by atoms with Crippen LogP contribution in [0, 0.1) is 0 Å². The van der Waals surface area contributed by atoms with Crippen LogP contribution in [0.25, 0.3) is 10.9 Å². The van der Waals surface area contributed by atoms with Crippen LogP contribution in [0.4, 0.5) is 0 Å². The lowest BCUT2D eigenvalue weighted by atomic mass is 10.2. The van der Waals surface area contributed by atoms with Crippen LogP contribution >= 0.6 is 23.4 Å². The highest BCUT2D eigenvalue weighted by atomic mass is 35.5. The number of nitrogens with zero attached hydrogens (tertiary/aromatic N) is 3. The first-order valence-electron chi connectivity index (χ1n) is 5.99. The Morgan fingerprint density at radius 2 is 2.24 bits per heavy atom. The molecule has 9 heteroatoms. The summed E-state index contributed by atoms with van der Waals surface area (Å²) in [6.07, 6.45) is 0. The maximum atomic E-state index is 12.0. The van der Waals surface area contributed by atoms with Crippen LogP contribution in [0.15, 0.2) is 32.6 Å². The maximum absolute atomic E-state index is 12.0. The molecule has 7 nitrogen and oxygen atoms in total. The van der Waals surface area contributed by atoms with Gasteiger partial charge in [0.2, 0.25) is 5.89 Å². The summed E-state index contributed by atoms with van der Waals surface area (Å²) in [6.45, 7) is 0.194. The molecule has 0 bridgehead atoms. The van der Waals surface area contributed by atoms with Crippen LogP contribution in [-0.2, 0) is 12.3 Å². The summed E-state index contributed by atoms with van der Waals surface area (Å²) in [4.78, 5) is 19.1. The Bertz CT molecular complexity index is 847. The normalized spacial score (nSPS) is 11.1. The van der Waals surface area contributed by atoms with Gasteiger partial charge in [-0.25, -0.2) is 4.98 Å². The Morgan fingerprint density at radius 3 is 3.00 bits per heavy atom. The highest BCUT2D eigenvalue weighted by Crippen LogP contribution is 2.20. The zero-order valence-electron chi connectivity index (χ0n) is 10.7. The number of aromatic nitrogens is 4. The van der Waals surface area contributed by atoms with Crippen molar-refractivity contribution >= 4 is 34.3 Å². The molecule has 0 aliphatic heterocycles. The third-order valence-electron chi connectivity index (χ3n) is 2.67. The van der Waals surface area contributed by atoms with Gasteiger partial charge in [-0.2, -0.15) is 0 Å². The highest BCUT2D eigenvalue weighted by molar-refractivity contribution is 7.98. The molecule has 1 aromatic carbocycles. The molecule has 0 aliphatic rings. The van der Waals surface area contributed by atoms with Crippen LogP contribution in [0.5, 0.6) is 0 Å². The first kappa shape index (κ1) is 14.1. The quantitative estimate of drug-likeness (QED) is 0.703. The van der Waals surface area contributed by atoms with Crippen molar-refractivity contribution in [1.82, 2.24) is 20.2 Å². The van der Waals surface area contributed by atoms with Crippen molar-refractivity contribution in [1.29, 1.82) is 0 Å². The number of halogens is 1. The van der Waals surface area contributed by atoms with E-state index in [0.29, 0.717) is 38.6 Å². The Kier molecular flexibility index (Phi) is 3.91. The fourth-order valence-corrected chi connectivity index (χ4v) is 2.56. The van der Waals surface area contributed by atoms with Crippen LogP contribution in [0.1, 0.15) is 11.7 Å². The number of fused-ring (bicyclic) bond motifs is 1. The van der Waals surface area contributed by atoms with E-state index in [4.69, 9.17) is 21.8 Å². The molecule has 3 aromatic rings. The minimum atomic E-state index is -0.230. The largest absolute Gasteiger partial charge is 0.415 e. The summed E-state index contributed by atoms with van der Waals surface area (Å²) in [5.74, 6) is 1.29. The van der Waals surface area contributed by atoms with Crippen molar-refractivity contribution in [2.45, 2.75) is 17.5 Å². The fourth-order valence-electron chi connectivity index (χ4n) is 1.74. The molecule has 0 saturated carbocycles. The second-order valence-corrected chi connectivity index (χ2v) is 5.49. The third-order valence-corrected chi connectivity index (χ3v) is 3.74. The number of benzene rings is 1. The molecule has 3 N–H and O–H groups in total. The van der Waals surface area contributed by atoms with E-state index in [1.54, 1.807) is 18.2 Å². The van der Waals surface area contributed by atoms with E-state index in [9.17, 15) is 4.79 Å². The lowest BCUT2D eigenvalue weighted by molar-refractivity contribution is 0.414. The van der Waals surface area contributed by atoms with Gasteiger partial charge in [0.1, 0.15) is 5.82 Å². The van der Waals surface area contributed by atoms with Crippen molar-refractivity contribution < 1.29 is 4.42 Å². The van der Waals surface area contributed by atoms with Gasteiger partial charge >= 0.3 is 0 Å². The average Bonchev–Trinajstić information content (AvgIpc) is 2.94. The fraction of sp³-hybridized carbons (Fsp3) is 0.167. The SMILES string of the molecule is NCc1nnc(SCc2nc3ccc(Cl)cc3c(=O)[nH]2)o1. The Morgan fingerprint density at radius 1 is 1.38 bits per heavy atom. The summed E-state index contributed by atoms with van der Waals surface area (Å²) in [5, 5.41) is 8.92. The van der Waals surface area contributed by atoms with Gasteiger partial charge in [0.25, 0.3) is 10.8 Å². The van der Waals surface area contributed by atoms with Gasteiger partial charge in [0.05, 0.1) is 23.2 Å². The lowest BCUT2D eigenvalue weighted by Crippen LogP contribution is -2.11. The summed E-state index contributed by atoms with van der Waals surface area (Å²) < 4.78 is 5.27. The smallest absolute Gasteiger partial charge is 0.277 e. The maximum Gasteiger partial charge on any atom is 0.277 e. The molecule has 0 spiro atoms. The van der Waals surface area contributed by atoms with Crippen LogP contribution in [0.3, 0.4) is 0 Å². The number of nitrogens with one attached hydrogen (secondary N) is 1. The second kappa shape index (κ2) is 5.84. The van der Waals surface area contributed by atoms with Crippen molar-refractivity contribution in [3.8, 4) is 0 Å². The predicted octanol–water partition coefficient (Wildman–Crippen LogP) is 1.71. The van der Waals surface area contributed by atoms with Crippen LogP contribution in [-0.4, -0.2) is 20.2 Å². The molecule has 0 unspecified atom stereocenters. The third kappa shape index (κ3) is 3.07. The van der Waals surface area contributed by atoms with E-state index in [0.717, 1.165) is 0 Å². The van der Waals surface area contributed by atoms with Gasteiger partial charge in [0, 0.05) is 5.02 Å². The van der Waals surface area contributed by atoms with Gasteiger partial charge in [-0.1, -0.05) is 23.4 Å². The van der Waals surface area contributed by atoms with Crippen molar-refractivity contribution in [3.05, 3.63) is 45.3 Å². The second-order valence-electron chi connectivity index (χ2n) is 4.13. The molecule has 0 aliphatic carbocycles. The Hall–Kier alpha value is -1.90. The van der Waals surface area contributed by atoms with Crippen molar-refractivity contribution in [3.63, 3.8) is 0 Å². The van der Waals surface area contributed by atoms with E-state index in [1.807, 2.05) is 0 Å². The van der Waals surface area contributed by atoms with Gasteiger partial charge < -0.3 is 15.1 Å². The topological polar surface area (TPSA) is 111 Å². The molecule has 0 saturated heterocycles. The van der Waals surface area contributed by atoms with Crippen LogP contribution in [0.2, 0.25) is 5.02 Å². The minimum Gasteiger partial charge on any atom is -0.415 e. The molecular formula is C12H10ClN5O2S. The monoisotopic (exact) mass is 323 g/mol. The molecule has 0 atom stereocenters. The minimum absolute atomic E-state index is 0.194. The van der Waals surface area contributed by atoms with Crippen molar-refractivity contribution in [2.75, 3.05) is 0 Å². The molecule has 0 radical (unpaired) electrons. The number of H-pyrrole nitrogens is 1. The summed E-state index contributed by atoms with van der Waals surface area (Å²) in [5.41, 5.74) is 5.75. The molecule has 21 heavy (non-hydrogen) atoms. The number of thioether (sulfide) groups is 1. The zero-order valence-corrected chi connectivity index (χ0v) is 12.2. The predicted molar refractivity (Wildman–Crippen MR) is 79.1 cm³/mol. The number of nitrogens with two attached hydrogens (primary N) is 1. The molecule has 3 rings (SSSR count). The van der Waals surface area contributed by atoms with E-state index in [-0.39, 0.29) is 12.1 Å². The summed E-state index contributed by atoms with van der Waals surface area (Å²) in [7, 11) is 0. The standard InChI is InChI=1S/C12H10ClN5O2S/c13-6-1-2-8-7(3-6)11(19)16-9(15-8)5-21-12-18-17-10(4-14)20-12/h1-3H,4-5,14H2,(H,15,16,19). The molecular weight excluding hydrogens is 314 g/mol. The van der Waals surface area contributed by atoms with E-state index in [1.165, 1.54) is 11.8 Å². The number of hydrogen-bond donors (Lipinski definition) is 2. The molecule has 0 amide bonds. The number of rotatable bonds is 4. The molecule has 0 fully saturated rings. The zero-order chi connectivity index (χ0) is 14.8. The molecule has 108 valence electrons. The van der Waals surface area contributed by atoms with E-state index >= 15 is 0 Å². The van der Waals surface area contributed by atoms with Gasteiger partial charge in [-0.3, -0.25) is 4.79 Å². The van der Waals surface area contributed by atoms with Crippen LogP contribution < -0.4 is 11.3 Å². The van der Waals surface area contributed by atoms with Gasteiger partial charge in [0.15, 0.2) is 0 Å². The Balaban J connectivity index is 1.84. The summed E-state index contributed by atoms with van der Waals surface area (Å²) >= 11 is 7.14. The first-order chi connectivity index (χ1) is 10.2. The first-order valence-corrected chi connectivity index (χ1v) is 7.36. The highest BCUT2D eigenvalue weighted by Gasteiger charge is 2.08. The van der Waals surface area contributed by atoms with Gasteiger partial charge in [-0.15, -0.1) is 10.2 Å². The lowest BCUT2D eigenvalue weighted by Gasteiger charge is -2.01. The van der Waals surface area contributed by atoms with E-state index in [2.05, 4.69) is 20.2 Å². The van der Waals surface area contributed by atoms with E-state index < -0.39 is 0 Å². The van der Waals surface area contributed by atoms with Gasteiger partial charge in [-0.05, 0) is 18.2 Å². The number of hydrogen-bond acceptors (Lipinski definition) is 7.